The highest BCUT2D eigenvalue weighted by molar-refractivity contribution is 5.18. The maximum atomic E-state index is 6.27. The summed E-state index contributed by atoms with van der Waals surface area (Å²) in [5.41, 5.74) is 1.09. The van der Waals surface area contributed by atoms with Gasteiger partial charge in [0.2, 0.25) is 0 Å². The average Bonchev–Trinajstić information content (AvgIpc) is 2.59. The first-order chi connectivity index (χ1) is 9.36. The van der Waals surface area contributed by atoms with E-state index in [-0.39, 0.29) is 11.2 Å². The van der Waals surface area contributed by atoms with E-state index in [0.717, 1.165) is 19.4 Å². The molecule has 0 aliphatic carbocycles. The molecule has 20 heavy (non-hydrogen) atoms. The van der Waals surface area contributed by atoms with Crippen LogP contribution in [0.15, 0.2) is 24.5 Å². The lowest BCUT2D eigenvalue weighted by atomic mass is 9.79. The van der Waals surface area contributed by atoms with E-state index in [1.54, 1.807) is 0 Å². The van der Waals surface area contributed by atoms with Crippen LogP contribution >= 0.6 is 0 Å². The fourth-order valence-corrected chi connectivity index (χ4v) is 3.48. The summed E-state index contributed by atoms with van der Waals surface area (Å²) in [5.74, 6) is 0.452. The standard InChI is InChI=1S/C17H28N2O/c1-6-9-19-15(13-8-7-10-18-12-13)14-11-16(2,3)20-17(14,4)5/h7-8,10,12,14-15,19H,6,9,11H2,1-5H3. The van der Waals surface area contributed by atoms with Crippen LogP contribution in [0.2, 0.25) is 0 Å². The van der Waals surface area contributed by atoms with Gasteiger partial charge in [0.25, 0.3) is 0 Å². The highest BCUT2D eigenvalue weighted by atomic mass is 16.5. The molecule has 3 nitrogen and oxygen atoms in total. The van der Waals surface area contributed by atoms with Crippen molar-refractivity contribution in [2.75, 3.05) is 6.54 Å². The zero-order valence-electron chi connectivity index (χ0n) is 13.4. The van der Waals surface area contributed by atoms with Gasteiger partial charge in [-0.1, -0.05) is 13.0 Å². The lowest BCUT2D eigenvalue weighted by Gasteiger charge is -2.33. The van der Waals surface area contributed by atoms with E-state index in [0.29, 0.717) is 12.0 Å². The van der Waals surface area contributed by atoms with Crippen LogP contribution in [0.3, 0.4) is 0 Å². The van der Waals surface area contributed by atoms with Crippen molar-refractivity contribution in [2.24, 2.45) is 5.92 Å². The van der Waals surface area contributed by atoms with E-state index < -0.39 is 0 Å². The molecule has 2 rings (SSSR count). The minimum absolute atomic E-state index is 0.0531. The summed E-state index contributed by atoms with van der Waals surface area (Å²) in [6, 6.07) is 4.49. The molecule has 0 saturated carbocycles. The van der Waals surface area contributed by atoms with Gasteiger partial charge in [-0.2, -0.15) is 0 Å². The topological polar surface area (TPSA) is 34.2 Å². The minimum atomic E-state index is -0.120. The zero-order chi connectivity index (χ0) is 14.8. The summed E-state index contributed by atoms with van der Waals surface area (Å²) in [6.07, 6.45) is 6.01. The van der Waals surface area contributed by atoms with E-state index in [2.05, 4.69) is 51.0 Å². The molecule has 1 aromatic heterocycles. The third-order valence-electron chi connectivity index (χ3n) is 4.20. The van der Waals surface area contributed by atoms with E-state index in [1.165, 1.54) is 5.56 Å². The molecule has 1 aliphatic rings. The van der Waals surface area contributed by atoms with Crippen LogP contribution in [0.1, 0.15) is 59.1 Å². The van der Waals surface area contributed by atoms with Crippen LogP contribution in [0.5, 0.6) is 0 Å². The third-order valence-corrected chi connectivity index (χ3v) is 4.20. The fourth-order valence-electron chi connectivity index (χ4n) is 3.48. The van der Waals surface area contributed by atoms with Gasteiger partial charge in [0.1, 0.15) is 0 Å². The maximum Gasteiger partial charge on any atom is 0.0681 e. The molecular weight excluding hydrogens is 248 g/mol. The van der Waals surface area contributed by atoms with Crippen LogP contribution in [0.4, 0.5) is 0 Å². The minimum Gasteiger partial charge on any atom is -0.369 e. The van der Waals surface area contributed by atoms with Gasteiger partial charge < -0.3 is 10.1 Å². The van der Waals surface area contributed by atoms with Crippen LogP contribution in [-0.2, 0) is 4.74 Å². The molecule has 112 valence electrons. The van der Waals surface area contributed by atoms with Crippen molar-refractivity contribution in [2.45, 2.75) is 64.7 Å². The molecule has 0 spiro atoms. The number of aromatic nitrogens is 1. The van der Waals surface area contributed by atoms with Crippen LogP contribution < -0.4 is 5.32 Å². The van der Waals surface area contributed by atoms with Gasteiger partial charge >= 0.3 is 0 Å². The van der Waals surface area contributed by atoms with Gasteiger partial charge in [0.15, 0.2) is 0 Å². The lowest BCUT2D eigenvalue weighted by Crippen LogP contribution is -2.38. The van der Waals surface area contributed by atoms with Crippen molar-refractivity contribution >= 4 is 0 Å². The number of nitrogens with one attached hydrogen (secondary N) is 1. The Kier molecular flexibility index (Phi) is 4.50. The molecule has 0 amide bonds. The van der Waals surface area contributed by atoms with Gasteiger partial charge in [-0.25, -0.2) is 0 Å². The Hall–Kier alpha value is -0.930. The second-order valence-electron chi connectivity index (χ2n) is 6.99. The van der Waals surface area contributed by atoms with Crippen molar-refractivity contribution in [3.05, 3.63) is 30.1 Å². The first-order valence-electron chi connectivity index (χ1n) is 7.69. The predicted molar refractivity (Wildman–Crippen MR) is 82.6 cm³/mol. The van der Waals surface area contributed by atoms with Crippen LogP contribution in [0, 0.1) is 5.92 Å². The summed E-state index contributed by atoms with van der Waals surface area (Å²) in [4.78, 5) is 4.29. The van der Waals surface area contributed by atoms with Gasteiger partial charge in [-0.05, 0) is 58.7 Å². The second kappa shape index (κ2) is 5.82. The summed E-state index contributed by atoms with van der Waals surface area (Å²) in [6.45, 7) is 12.0. The smallest absolute Gasteiger partial charge is 0.0681 e. The summed E-state index contributed by atoms with van der Waals surface area (Å²) < 4.78 is 6.27. The predicted octanol–water partition coefficient (Wildman–Crippen LogP) is 3.72. The number of hydrogen-bond acceptors (Lipinski definition) is 3. The zero-order valence-corrected chi connectivity index (χ0v) is 13.4. The molecule has 0 aromatic carbocycles. The molecule has 1 aromatic rings. The normalized spacial score (nSPS) is 25.6. The molecule has 0 radical (unpaired) electrons. The number of nitrogens with zero attached hydrogens (tertiary/aromatic N) is 1. The van der Waals surface area contributed by atoms with Crippen molar-refractivity contribution < 1.29 is 4.74 Å². The molecule has 1 saturated heterocycles. The van der Waals surface area contributed by atoms with Gasteiger partial charge in [0, 0.05) is 24.4 Å². The Morgan fingerprint density at radius 2 is 2.15 bits per heavy atom. The maximum absolute atomic E-state index is 6.27. The van der Waals surface area contributed by atoms with Gasteiger partial charge in [0.05, 0.1) is 11.2 Å². The molecule has 3 heteroatoms. The number of rotatable bonds is 5. The molecule has 1 fully saturated rings. The Morgan fingerprint density at radius 1 is 1.40 bits per heavy atom. The van der Waals surface area contributed by atoms with E-state index in [4.69, 9.17) is 4.74 Å². The van der Waals surface area contributed by atoms with Crippen molar-refractivity contribution in [1.82, 2.24) is 10.3 Å². The Morgan fingerprint density at radius 3 is 2.65 bits per heavy atom. The molecule has 2 atom stereocenters. The first-order valence-corrected chi connectivity index (χ1v) is 7.69. The van der Waals surface area contributed by atoms with Crippen molar-refractivity contribution in [3.63, 3.8) is 0 Å². The SMILES string of the molecule is CCCNC(c1cccnc1)C1CC(C)(C)OC1(C)C. The Bertz CT molecular complexity index is 428. The molecule has 1 aliphatic heterocycles. The molecule has 1 N–H and O–H groups in total. The molecule has 2 heterocycles. The highest BCUT2D eigenvalue weighted by Crippen LogP contribution is 2.47. The Balaban J connectivity index is 2.27. The summed E-state index contributed by atoms with van der Waals surface area (Å²) >= 11 is 0. The Labute approximate surface area is 123 Å². The van der Waals surface area contributed by atoms with E-state index in [9.17, 15) is 0 Å². The van der Waals surface area contributed by atoms with Gasteiger partial charge in [-0.3, -0.25) is 4.98 Å². The molecule has 2 unspecified atom stereocenters. The number of hydrogen-bond donors (Lipinski definition) is 1. The third kappa shape index (κ3) is 3.39. The fraction of sp³-hybridized carbons (Fsp3) is 0.706. The van der Waals surface area contributed by atoms with Crippen molar-refractivity contribution in [1.29, 1.82) is 0 Å². The van der Waals surface area contributed by atoms with Gasteiger partial charge in [-0.15, -0.1) is 0 Å². The van der Waals surface area contributed by atoms with E-state index in [1.807, 2.05) is 18.5 Å². The summed E-state index contributed by atoms with van der Waals surface area (Å²) in [5, 5.41) is 3.70. The van der Waals surface area contributed by atoms with Crippen LogP contribution in [0.25, 0.3) is 0 Å². The number of pyridine rings is 1. The quantitative estimate of drug-likeness (QED) is 0.890. The summed E-state index contributed by atoms with van der Waals surface area (Å²) in [7, 11) is 0. The van der Waals surface area contributed by atoms with Crippen molar-refractivity contribution in [3.8, 4) is 0 Å². The highest BCUT2D eigenvalue weighted by Gasteiger charge is 2.49. The first kappa shape index (κ1) is 15.5. The monoisotopic (exact) mass is 276 g/mol. The average molecular weight is 276 g/mol. The lowest BCUT2D eigenvalue weighted by molar-refractivity contribution is -0.0778. The largest absolute Gasteiger partial charge is 0.369 e. The molecular formula is C17H28N2O. The van der Waals surface area contributed by atoms with Crippen LogP contribution in [-0.4, -0.2) is 22.7 Å². The second-order valence-corrected chi connectivity index (χ2v) is 6.99. The van der Waals surface area contributed by atoms with E-state index >= 15 is 0 Å². The molecule has 0 bridgehead atoms. The number of ether oxygens (including phenoxy) is 1.